The van der Waals surface area contributed by atoms with E-state index in [0.717, 1.165) is 28.0 Å². The molecule has 0 saturated carbocycles. The van der Waals surface area contributed by atoms with Gasteiger partial charge in [0.1, 0.15) is 0 Å². The lowest BCUT2D eigenvalue weighted by molar-refractivity contribution is 0.686. The maximum absolute atomic E-state index is 9.43. The molecular weight excluding hydrogens is 386 g/mol. The van der Waals surface area contributed by atoms with E-state index in [4.69, 9.17) is 4.98 Å². The van der Waals surface area contributed by atoms with E-state index in [9.17, 15) is 5.26 Å². The van der Waals surface area contributed by atoms with Gasteiger partial charge >= 0.3 is 0 Å². The summed E-state index contributed by atoms with van der Waals surface area (Å²) in [5.74, 6) is 0.964. The van der Waals surface area contributed by atoms with E-state index < -0.39 is 5.41 Å². The highest BCUT2D eigenvalue weighted by molar-refractivity contribution is 7.99. The van der Waals surface area contributed by atoms with Crippen molar-refractivity contribution in [2.24, 2.45) is 0 Å². The van der Waals surface area contributed by atoms with Crippen LogP contribution in [0.2, 0.25) is 0 Å². The number of nitrogens with zero attached hydrogens (tertiary/aromatic N) is 3. The Hall–Kier alpha value is -3.16. The summed E-state index contributed by atoms with van der Waals surface area (Å²) in [7, 11) is 0. The van der Waals surface area contributed by atoms with Crippen molar-refractivity contribution in [1.82, 2.24) is 9.97 Å². The smallest absolute Gasteiger partial charge is 0.0766 e. The number of aromatic nitrogens is 2. The van der Waals surface area contributed by atoms with Crippen molar-refractivity contribution < 1.29 is 0 Å². The Bertz CT molecular complexity index is 1270. The molecule has 3 nitrogen and oxygen atoms in total. The zero-order chi connectivity index (χ0) is 20.7. The molecule has 1 aliphatic rings. The van der Waals surface area contributed by atoms with E-state index in [1.54, 1.807) is 6.20 Å². The van der Waals surface area contributed by atoms with Crippen LogP contribution in [0.3, 0.4) is 0 Å². The van der Waals surface area contributed by atoms with Gasteiger partial charge in [0.15, 0.2) is 0 Å². The molecule has 146 valence electrons. The van der Waals surface area contributed by atoms with E-state index in [-0.39, 0.29) is 5.25 Å². The highest BCUT2D eigenvalue weighted by atomic mass is 32.2. The molecule has 0 fully saturated rings. The molecule has 5 rings (SSSR count). The first-order valence-corrected chi connectivity index (χ1v) is 11.1. The predicted molar refractivity (Wildman–Crippen MR) is 123 cm³/mol. The normalized spacial score (nSPS) is 15.7. The van der Waals surface area contributed by atoms with Crippen LogP contribution in [0.25, 0.3) is 22.0 Å². The average Bonchev–Trinajstić information content (AvgIpc) is 3.24. The summed E-state index contributed by atoms with van der Waals surface area (Å²) in [5, 5.41) is 10.9. The molecule has 0 spiro atoms. The second kappa shape index (κ2) is 7.27. The molecule has 30 heavy (non-hydrogen) atoms. The zero-order valence-electron chi connectivity index (χ0n) is 17.0. The zero-order valence-corrected chi connectivity index (χ0v) is 17.8. The van der Waals surface area contributed by atoms with Crippen molar-refractivity contribution in [2.75, 3.05) is 0 Å². The van der Waals surface area contributed by atoms with Crippen molar-refractivity contribution in [1.29, 1.82) is 5.26 Å². The number of nitriles is 1. The third-order valence-electron chi connectivity index (χ3n) is 5.87. The van der Waals surface area contributed by atoms with Crippen LogP contribution in [0.4, 0.5) is 0 Å². The van der Waals surface area contributed by atoms with E-state index in [1.165, 1.54) is 22.1 Å². The molecule has 0 bridgehead atoms. The second-order valence-corrected chi connectivity index (χ2v) is 9.31. The average molecular weight is 408 g/mol. The Balaban J connectivity index is 1.61. The summed E-state index contributed by atoms with van der Waals surface area (Å²) < 4.78 is 0. The second-order valence-electron chi connectivity index (χ2n) is 8.22. The maximum Gasteiger partial charge on any atom is 0.0766 e. The van der Waals surface area contributed by atoms with Crippen LogP contribution in [0.1, 0.15) is 41.4 Å². The molecule has 1 atom stereocenters. The molecule has 3 heterocycles. The standard InChI is InChI=1S/C26H21N3S/c1-26(2,16-27)21-8-5-17(6-9-21)25-24-20(15-30-25)14-29-23-10-7-18(12-22(23)24)19-4-3-11-28-13-19/h3-14,25H,15H2,1-2H3. The molecule has 4 heteroatoms. The molecule has 0 N–H and O–H groups in total. The van der Waals surface area contributed by atoms with Crippen molar-refractivity contribution in [2.45, 2.75) is 30.3 Å². The first-order valence-electron chi connectivity index (χ1n) is 10.0. The molecule has 2 aromatic carbocycles. The van der Waals surface area contributed by atoms with Gasteiger partial charge in [-0.25, -0.2) is 0 Å². The lowest BCUT2D eigenvalue weighted by atomic mass is 9.85. The minimum Gasteiger partial charge on any atom is -0.264 e. The van der Waals surface area contributed by atoms with E-state index in [0.29, 0.717) is 0 Å². The van der Waals surface area contributed by atoms with Crippen molar-refractivity contribution >= 4 is 22.7 Å². The molecule has 1 aliphatic heterocycles. The number of pyridine rings is 2. The quantitative estimate of drug-likeness (QED) is 0.392. The number of rotatable bonds is 3. The number of benzene rings is 2. The summed E-state index contributed by atoms with van der Waals surface area (Å²) in [4.78, 5) is 8.98. The monoisotopic (exact) mass is 407 g/mol. The maximum atomic E-state index is 9.43. The van der Waals surface area contributed by atoms with Crippen molar-refractivity contribution in [3.05, 3.63) is 95.4 Å². The number of hydrogen-bond donors (Lipinski definition) is 0. The van der Waals surface area contributed by atoms with Crippen LogP contribution in [-0.4, -0.2) is 9.97 Å². The minimum atomic E-state index is -0.478. The SMILES string of the molecule is CC(C)(C#N)c1ccc(C2SCc3cnc4ccc(-c5cccnc5)cc4c32)cc1. The fourth-order valence-electron chi connectivity index (χ4n) is 4.05. The van der Waals surface area contributed by atoms with Crippen LogP contribution < -0.4 is 0 Å². The van der Waals surface area contributed by atoms with Crippen LogP contribution in [0, 0.1) is 11.3 Å². The van der Waals surface area contributed by atoms with Gasteiger partial charge in [-0.15, -0.1) is 11.8 Å². The van der Waals surface area contributed by atoms with Crippen LogP contribution in [0.5, 0.6) is 0 Å². The number of fused-ring (bicyclic) bond motifs is 3. The minimum absolute atomic E-state index is 0.272. The van der Waals surface area contributed by atoms with Gasteiger partial charge in [-0.3, -0.25) is 9.97 Å². The first-order chi connectivity index (χ1) is 14.6. The summed E-state index contributed by atoms with van der Waals surface area (Å²) in [6.45, 7) is 3.92. The Morgan fingerprint density at radius 2 is 1.87 bits per heavy atom. The molecular formula is C26H21N3S. The predicted octanol–water partition coefficient (Wildman–Crippen LogP) is 6.43. The van der Waals surface area contributed by atoms with Crippen LogP contribution >= 0.6 is 11.8 Å². The van der Waals surface area contributed by atoms with Gasteiger partial charge in [-0.05, 0) is 59.9 Å². The van der Waals surface area contributed by atoms with Gasteiger partial charge in [0.25, 0.3) is 0 Å². The van der Waals surface area contributed by atoms with Gasteiger partial charge in [0.2, 0.25) is 0 Å². The topological polar surface area (TPSA) is 49.6 Å². The number of hydrogen-bond acceptors (Lipinski definition) is 4. The van der Waals surface area contributed by atoms with Gasteiger partial charge in [0.05, 0.1) is 22.3 Å². The van der Waals surface area contributed by atoms with E-state index >= 15 is 0 Å². The van der Waals surface area contributed by atoms with E-state index in [2.05, 4.69) is 59.6 Å². The summed E-state index contributed by atoms with van der Waals surface area (Å²) >= 11 is 1.94. The van der Waals surface area contributed by atoms with Crippen LogP contribution in [0.15, 0.2) is 73.2 Å². The number of thioether (sulfide) groups is 1. The Kier molecular flexibility index (Phi) is 4.56. The summed E-state index contributed by atoms with van der Waals surface area (Å²) in [6, 6.07) is 21.5. The van der Waals surface area contributed by atoms with Gasteiger partial charge < -0.3 is 0 Å². The molecule has 0 radical (unpaired) electrons. The summed E-state index contributed by atoms with van der Waals surface area (Å²) in [6.07, 6.45) is 5.73. The lowest BCUT2D eigenvalue weighted by Crippen LogP contribution is -2.13. The molecule has 4 aromatic rings. The summed E-state index contributed by atoms with van der Waals surface area (Å²) in [5.41, 5.74) is 7.82. The highest BCUT2D eigenvalue weighted by Crippen LogP contribution is 2.48. The van der Waals surface area contributed by atoms with Crippen LogP contribution in [-0.2, 0) is 11.2 Å². The fraction of sp³-hybridized carbons (Fsp3) is 0.192. The molecule has 2 aromatic heterocycles. The van der Waals surface area contributed by atoms with Gasteiger partial charge in [-0.2, -0.15) is 5.26 Å². The lowest BCUT2D eigenvalue weighted by Gasteiger charge is -2.18. The first kappa shape index (κ1) is 18.8. The third kappa shape index (κ3) is 3.16. The highest BCUT2D eigenvalue weighted by Gasteiger charge is 2.28. The Morgan fingerprint density at radius 1 is 1.03 bits per heavy atom. The van der Waals surface area contributed by atoms with Crippen molar-refractivity contribution in [3.63, 3.8) is 0 Å². The molecule has 1 unspecified atom stereocenters. The Morgan fingerprint density at radius 3 is 2.60 bits per heavy atom. The van der Waals surface area contributed by atoms with Crippen molar-refractivity contribution in [3.8, 4) is 17.2 Å². The largest absolute Gasteiger partial charge is 0.264 e. The fourth-order valence-corrected chi connectivity index (χ4v) is 5.42. The molecule has 0 aliphatic carbocycles. The molecule has 0 saturated heterocycles. The Labute approximate surface area is 180 Å². The molecule has 0 amide bonds. The van der Waals surface area contributed by atoms with Gasteiger partial charge in [-0.1, -0.05) is 36.4 Å². The third-order valence-corrected chi connectivity index (χ3v) is 7.19. The van der Waals surface area contributed by atoms with Gasteiger partial charge in [0, 0.05) is 35.3 Å². The van der Waals surface area contributed by atoms with E-state index in [1.807, 2.05) is 44.1 Å².